The minimum Gasteiger partial charge on any atom is -0.319 e. The fourth-order valence-corrected chi connectivity index (χ4v) is 2.55. The highest BCUT2D eigenvalue weighted by Gasteiger charge is 2.15. The Morgan fingerprint density at radius 3 is 2.57 bits per heavy atom. The summed E-state index contributed by atoms with van der Waals surface area (Å²) in [7, 11) is 0. The number of nitrogens with zero attached hydrogens (tertiary/aromatic N) is 2. The number of rotatable bonds is 3. The van der Waals surface area contributed by atoms with E-state index in [1.54, 1.807) is 0 Å². The molecule has 0 saturated carbocycles. The lowest BCUT2D eigenvalue weighted by molar-refractivity contribution is 0.791. The molecule has 2 N–H and O–H groups in total. The summed E-state index contributed by atoms with van der Waals surface area (Å²) in [5.74, 6) is 0. The molecule has 2 aromatic carbocycles. The van der Waals surface area contributed by atoms with Crippen molar-refractivity contribution in [3.05, 3.63) is 83.4 Å². The first-order valence-corrected chi connectivity index (χ1v) is 7.07. The van der Waals surface area contributed by atoms with Crippen LogP contribution in [0.3, 0.4) is 0 Å². The molecule has 3 aromatic rings. The van der Waals surface area contributed by atoms with Crippen LogP contribution in [0.5, 0.6) is 0 Å². The molecule has 1 atom stereocenters. The quantitative estimate of drug-likeness (QED) is 0.795. The maximum absolute atomic E-state index is 6.43. The van der Waals surface area contributed by atoms with Crippen molar-refractivity contribution in [3.8, 4) is 5.69 Å². The Hall–Kier alpha value is -2.39. The van der Waals surface area contributed by atoms with Gasteiger partial charge in [-0.2, -0.15) is 0 Å². The summed E-state index contributed by atoms with van der Waals surface area (Å²) in [6.45, 7) is 4.20. The summed E-state index contributed by atoms with van der Waals surface area (Å²) in [5, 5.41) is 0. The van der Waals surface area contributed by atoms with E-state index in [1.807, 2.05) is 42.9 Å². The summed E-state index contributed by atoms with van der Waals surface area (Å²) < 4.78 is 2.08. The summed E-state index contributed by atoms with van der Waals surface area (Å²) in [6, 6.07) is 16.3. The van der Waals surface area contributed by atoms with Crippen LogP contribution in [0.1, 0.15) is 28.4 Å². The van der Waals surface area contributed by atoms with Gasteiger partial charge in [0, 0.05) is 0 Å². The van der Waals surface area contributed by atoms with Crippen LogP contribution in [0, 0.1) is 13.8 Å². The lowest BCUT2D eigenvalue weighted by Crippen LogP contribution is -2.16. The molecule has 1 heterocycles. The molecule has 0 spiro atoms. The molecule has 3 heteroatoms. The van der Waals surface area contributed by atoms with Gasteiger partial charge >= 0.3 is 0 Å². The molecular formula is C18H19N3. The predicted molar refractivity (Wildman–Crippen MR) is 85.5 cm³/mol. The first kappa shape index (κ1) is 13.6. The molecule has 106 valence electrons. The van der Waals surface area contributed by atoms with Gasteiger partial charge < -0.3 is 10.3 Å². The van der Waals surface area contributed by atoms with E-state index in [4.69, 9.17) is 5.73 Å². The van der Waals surface area contributed by atoms with Crippen LogP contribution in [0.25, 0.3) is 5.69 Å². The standard InChI is InChI=1S/C18H19N3/c1-13-8-9-14(2)16(10-13)21-12-20-11-17(21)18(19)15-6-4-3-5-7-15/h3-12,18H,19H2,1-2H3. The molecule has 0 radical (unpaired) electrons. The number of imidazole rings is 1. The van der Waals surface area contributed by atoms with Gasteiger partial charge in [0.2, 0.25) is 0 Å². The third-order valence-corrected chi connectivity index (χ3v) is 3.77. The Morgan fingerprint density at radius 2 is 1.81 bits per heavy atom. The molecule has 0 aliphatic carbocycles. The predicted octanol–water partition coefficient (Wildman–Crippen LogP) is 3.54. The normalized spacial score (nSPS) is 12.3. The van der Waals surface area contributed by atoms with Gasteiger partial charge in [0.15, 0.2) is 0 Å². The second-order valence-corrected chi connectivity index (χ2v) is 5.37. The first-order valence-electron chi connectivity index (χ1n) is 7.07. The van der Waals surface area contributed by atoms with Crippen molar-refractivity contribution in [2.45, 2.75) is 19.9 Å². The van der Waals surface area contributed by atoms with E-state index in [2.05, 4.69) is 41.6 Å². The molecule has 0 amide bonds. The van der Waals surface area contributed by atoms with Crippen LogP contribution in [0.2, 0.25) is 0 Å². The summed E-state index contributed by atoms with van der Waals surface area (Å²) >= 11 is 0. The summed E-state index contributed by atoms with van der Waals surface area (Å²) in [5.41, 5.74) is 12.1. The van der Waals surface area contributed by atoms with Crippen molar-refractivity contribution >= 4 is 0 Å². The lowest BCUT2D eigenvalue weighted by Gasteiger charge is -2.17. The molecule has 0 aliphatic rings. The van der Waals surface area contributed by atoms with Crippen molar-refractivity contribution < 1.29 is 0 Å². The van der Waals surface area contributed by atoms with Crippen molar-refractivity contribution in [2.24, 2.45) is 5.73 Å². The number of hydrogen-bond donors (Lipinski definition) is 1. The minimum absolute atomic E-state index is 0.186. The smallest absolute Gasteiger partial charge is 0.0994 e. The van der Waals surface area contributed by atoms with Crippen LogP contribution >= 0.6 is 0 Å². The molecule has 0 bridgehead atoms. The Balaban J connectivity index is 2.07. The van der Waals surface area contributed by atoms with Gasteiger partial charge in [-0.25, -0.2) is 4.98 Å². The number of aromatic nitrogens is 2. The molecule has 0 aliphatic heterocycles. The highest BCUT2D eigenvalue weighted by molar-refractivity contribution is 5.45. The largest absolute Gasteiger partial charge is 0.319 e. The van der Waals surface area contributed by atoms with E-state index in [-0.39, 0.29) is 6.04 Å². The third-order valence-electron chi connectivity index (χ3n) is 3.77. The van der Waals surface area contributed by atoms with Gasteiger partial charge in [-0.3, -0.25) is 0 Å². The second-order valence-electron chi connectivity index (χ2n) is 5.37. The maximum Gasteiger partial charge on any atom is 0.0994 e. The fraction of sp³-hybridized carbons (Fsp3) is 0.167. The monoisotopic (exact) mass is 277 g/mol. The second kappa shape index (κ2) is 5.54. The van der Waals surface area contributed by atoms with Gasteiger partial charge in [0.1, 0.15) is 0 Å². The van der Waals surface area contributed by atoms with Crippen LogP contribution < -0.4 is 5.73 Å². The van der Waals surface area contributed by atoms with E-state index in [0.717, 1.165) is 16.9 Å². The van der Waals surface area contributed by atoms with Crippen LogP contribution in [0.15, 0.2) is 61.1 Å². The van der Waals surface area contributed by atoms with Crippen molar-refractivity contribution in [1.29, 1.82) is 0 Å². The SMILES string of the molecule is Cc1ccc(C)c(-n2cncc2C(N)c2ccccc2)c1. The molecular weight excluding hydrogens is 258 g/mol. The van der Waals surface area contributed by atoms with E-state index in [9.17, 15) is 0 Å². The van der Waals surface area contributed by atoms with Crippen molar-refractivity contribution in [1.82, 2.24) is 9.55 Å². The highest BCUT2D eigenvalue weighted by atomic mass is 15.1. The Kier molecular flexibility index (Phi) is 3.59. The number of benzene rings is 2. The van der Waals surface area contributed by atoms with Crippen LogP contribution in [0.4, 0.5) is 0 Å². The molecule has 3 rings (SSSR count). The van der Waals surface area contributed by atoms with E-state index in [0.29, 0.717) is 0 Å². The van der Waals surface area contributed by atoms with Crippen molar-refractivity contribution in [3.63, 3.8) is 0 Å². The molecule has 0 saturated heterocycles. The maximum atomic E-state index is 6.43. The van der Waals surface area contributed by atoms with Crippen LogP contribution in [-0.4, -0.2) is 9.55 Å². The number of aryl methyl sites for hydroxylation is 2. The first-order chi connectivity index (χ1) is 10.2. The molecule has 3 nitrogen and oxygen atoms in total. The van der Waals surface area contributed by atoms with Gasteiger partial charge in [-0.15, -0.1) is 0 Å². The van der Waals surface area contributed by atoms with Gasteiger partial charge in [-0.1, -0.05) is 42.5 Å². The van der Waals surface area contributed by atoms with Gasteiger partial charge in [0.25, 0.3) is 0 Å². The lowest BCUT2D eigenvalue weighted by atomic mass is 10.0. The zero-order chi connectivity index (χ0) is 14.8. The average molecular weight is 277 g/mol. The zero-order valence-electron chi connectivity index (χ0n) is 12.3. The highest BCUT2D eigenvalue weighted by Crippen LogP contribution is 2.24. The minimum atomic E-state index is -0.186. The van der Waals surface area contributed by atoms with Gasteiger partial charge in [-0.05, 0) is 36.6 Å². The molecule has 21 heavy (non-hydrogen) atoms. The van der Waals surface area contributed by atoms with E-state index in [1.165, 1.54) is 11.1 Å². The third kappa shape index (κ3) is 2.60. The molecule has 0 fully saturated rings. The van der Waals surface area contributed by atoms with Gasteiger partial charge in [0.05, 0.1) is 29.9 Å². The summed E-state index contributed by atoms with van der Waals surface area (Å²) in [4.78, 5) is 4.30. The fourth-order valence-electron chi connectivity index (χ4n) is 2.55. The zero-order valence-corrected chi connectivity index (χ0v) is 12.3. The number of hydrogen-bond acceptors (Lipinski definition) is 2. The summed E-state index contributed by atoms with van der Waals surface area (Å²) in [6.07, 6.45) is 3.68. The van der Waals surface area contributed by atoms with Crippen LogP contribution in [-0.2, 0) is 0 Å². The topological polar surface area (TPSA) is 43.8 Å². The Labute approximate surface area is 125 Å². The molecule has 1 aromatic heterocycles. The molecule has 1 unspecified atom stereocenters. The van der Waals surface area contributed by atoms with E-state index >= 15 is 0 Å². The Morgan fingerprint density at radius 1 is 1.05 bits per heavy atom. The number of nitrogens with two attached hydrogens (primary N) is 1. The van der Waals surface area contributed by atoms with Crippen molar-refractivity contribution in [2.75, 3.05) is 0 Å². The Bertz CT molecular complexity index is 744. The van der Waals surface area contributed by atoms with E-state index < -0.39 is 0 Å². The average Bonchev–Trinajstić information content (AvgIpc) is 2.99.